The van der Waals surface area contributed by atoms with Crippen molar-refractivity contribution < 1.29 is 19.4 Å². The zero-order valence-electron chi connectivity index (χ0n) is 13.8. The number of rotatable bonds is 6. The molecular weight excluding hydrogens is 296 g/mol. The third-order valence-electron chi connectivity index (χ3n) is 4.32. The van der Waals surface area contributed by atoms with E-state index in [0.717, 1.165) is 25.7 Å². The molecule has 23 heavy (non-hydrogen) atoms. The van der Waals surface area contributed by atoms with Crippen LogP contribution in [0.25, 0.3) is 0 Å². The molecule has 1 aliphatic carbocycles. The number of urea groups is 1. The van der Waals surface area contributed by atoms with E-state index in [1.54, 1.807) is 25.3 Å². The van der Waals surface area contributed by atoms with Crippen molar-refractivity contribution in [3.63, 3.8) is 0 Å². The first-order valence-electron chi connectivity index (χ1n) is 8.09. The molecule has 0 heterocycles. The van der Waals surface area contributed by atoms with Crippen LogP contribution in [0, 0.1) is 5.92 Å². The van der Waals surface area contributed by atoms with E-state index in [2.05, 4.69) is 10.6 Å². The Labute approximate surface area is 137 Å². The van der Waals surface area contributed by atoms with Crippen molar-refractivity contribution in [3.05, 3.63) is 18.2 Å². The molecule has 1 aromatic carbocycles. The van der Waals surface area contributed by atoms with Gasteiger partial charge in [0, 0.05) is 12.6 Å². The molecule has 0 saturated heterocycles. The molecule has 6 nitrogen and oxygen atoms in total. The lowest BCUT2D eigenvalue weighted by molar-refractivity contribution is 0.0863. The van der Waals surface area contributed by atoms with Crippen LogP contribution >= 0.6 is 0 Å². The van der Waals surface area contributed by atoms with Gasteiger partial charge >= 0.3 is 6.03 Å². The SMILES string of the molecule is COc1ccc(NC(=O)NC[C@H](O)C2CCCCC2)c(OC)c1. The number of benzene rings is 1. The van der Waals surface area contributed by atoms with Gasteiger partial charge in [0.05, 0.1) is 26.0 Å². The van der Waals surface area contributed by atoms with Crippen LogP contribution in [0.2, 0.25) is 0 Å². The topological polar surface area (TPSA) is 79.8 Å². The van der Waals surface area contributed by atoms with Gasteiger partial charge in [-0.2, -0.15) is 0 Å². The maximum Gasteiger partial charge on any atom is 0.319 e. The van der Waals surface area contributed by atoms with Crippen molar-refractivity contribution in [2.24, 2.45) is 5.92 Å². The Morgan fingerprint density at radius 2 is 2.00 bits per heavy atom. The predicted octanol–water partition coefficient (Wildman–Crippen LogP) is 2.77. The molecule has 128 valence electrons. The van der Waals surface area contributed by atoms with E-state index in [1.807, 2.05) is 0 Å². The summed E-state index contributed by atoms with van der Waals surface area (Å²) in [5, 5.41) is 15.6. The van der Waals surface area contributed by atoms with Crippen molar-refractivity contribution in [1.29, 1.82) is 0 Å². The maximum absolute atomic E-state index is 12.0. The molecule has 1 fully saturated rings. The van der Waals surface area contributed by atoms with E-state index in [1.165, 1.54) is 13.5 Å². The van der Waals surface area contributed by atoms with Crippen LogP contribution in [0.1, 0.15) is 32.1 Å². The van der Waals surface area contributed by atoms with E-state index in [-0.39, 0.29) is 12.6 Å². The summed E-state index contributed by atoms with van der Waals surface area (Å²) in [4.78, 5) is 12.0. The lowest BCUT2D eigenvalue weighted by Gasteiger charge is -2.26. The van der Waals surface area contributed by atoms with Gasteiger partial charge in [0.1, 0.15) is 11.5 Å². The molecule has 1 aromatic rings. The molecule has 1 saturated carbocycles. The molecule has 0 radical (unpaired) electrons. The van der Waals surface area contributed by atoms with E-state index in [0.29, 0.717) is 23.1 Å². The average Bonchev–Trinajstić information content (AvgIpc) is 2.60. The number of amides is 2. The quantitative estimate of drug-likeness (QED) is 0.752. The highest BCUT2D eigenvalue weighted by atomic mass is 16.5. The Morgan fingerprint density at radius 1 is 1.26 bits per heavy atom. The van der Waals surface area contributed by atoms with E-state index in [4.69, 9.17) is 9.47 Å². The molecule has 3 N–H and O–H groups in total. The minimum Gasteiger partial charge on any atom is -0.497 e. The first-order chi connectivity index (χ1) is 11.1. The molecule has 0 bridgehead atoms. The second-order valence-corrected chi connectivity index (χ2v) is 5.87. The molecule has 6 heteroatoms. The van der Waals surface area contributed by atoms with Gasteiger partial charge in [0.2, 0.25) is 0 Å². The molecule has 1 atom stereocenters. The Hall–Kier alpha value is -1.95. The number of hydrogen-bond donors (Lipinski definition) is 3. The minimum atomic E-state index is -0.487. The van der Waals surface area contributed by atoms with Crippen LogP contribution < -0.4 is 20.1 Å². The number of carbonyl (C=O) groups excluding carboxylic acids is 1. The van der Waals surface area contributed by atoms with Crippen molar-refractivity contribution in [2.45, 2.75) is 38.2 Å². The first kappa shape index (κ1) is 17.4. The van der Waals surface area contributed by atoms with Gasteiger partial charge in [0.15, 0.2) is 0 Å². The van der Waals surface area contributed by atoms with E-state index >= 15 is 0 Å². The number of aliphatic hydroxyl groups excluding tert-OH is 1. The molecular formula is C17H26N2O4. The largest absolute Gasteiger partial charge is 0.497 e. The molecule has 1 aliphatic rings. The van der Waals surface area contributed by atoms with Crippen LogP contribution in [-0.2, 0) is 0 Å². The minimum absolute atomic E-state index is 0.259. The van der Waals surface area contributed by atoms with Crippen LogP contribution in [0.15, 0.2) is 18.2 Å². The summed E-state index contributed by atoms with van der Waals surface area (Å²) in [7, 11) is 3.10. The van der Waals surface area contributed by atoms with Gasteiger partial charge in [0.25, 0.3) is 0 Å². The highest BCUT2D eigenvalue weighted by Gasteiger charge is 2.22. The van der Waals surface area contributed by atoms with Crippen LogP contribution in [0.5, 0.6) is 11.5 Å². The molecule has 2 rings (SSSR count). The number of nitrogens with one attached hydrogen (secondary N) is 2. The molecule has 0 aliphatic heterocycles. The normalized spacial score (nSPS) is 16.5. The summed E-state index contributed by atoms with van der Waals surface area (Å²) < 4.78 is 10.4. The first-order valence-corrected chi connectivity index (χ1v) is 8.09. The Bertz CT molecular complexity index is 515. The van der Waals surface area contributed by atoms with Gasteiger partial charge in [-0.05, 0) is 30.9 Å². The Kier molecular flexibility index (Phi) is 6.52. The zero-order chi connectivity index (χ0) is 16.7. The van der Waals surface area contributed by atoms with Crippen LogP contribution in [0.3, 0.4) is 0 Å². The monoisotopic (exact) mass is 322 g/mol. The predicted molar refractivity (Wildman–Crippen MR) is 89.1 cm³/mol. The lowest BCUT2D eigenvalue weighted by Crippen LogP contribution is -2.39. The third kappa shape index (κ3) is 5.03. The summed E-state index contributed by atoms with van der Waals surface area (Å²) in [6.45, 7) is 0.259. The van der Waals surface area contributed by atoms with Crippen molar-refractivity contribution in [1.82, 2.24) is 5.32 Å². The van der Waals surface area contributed by atoms with E-state index < -0.39 is 6.10 Å². The molecule has 0 aromatic heterocycles. The second kappa shape index (κ2) is 8.62. The second-order valence-electron chi connectivity index (χ2n) is 5.87. The lowest BCUT2D eigenvalue weighted by atomic mass is 9.85. The number of ether oxygens (including phenoxy) is 2. The fourth-order valence-corrected chi connectivity index (χ4v) is 2.95. The third-order valence-corrected chi connectivity index (χ3v) is 4.32. The van der Waals surface area contributed by atoms with Gasteiger partial charge in [-0.1, -0.05) is 19.3 Å². The number of anilines is 1. The van der Waals surface area contributed by atoms with Crippen molar-refractivity contribution in [3.8, 4) is 11.5 Å². The fourth-order valence-electron chi connectivity index (χ4n) is 2.95. The average molecular weight is 322 g/mol. The standard InChI is InChI=1S/C17H26N2O4/c1-22-13-8-9-14(16(10-13)23-2)19-17(21)18-11-15(20)12-6-4-3-5-7-12/h8-10,12,15,20H,3-7,11H2,1-2H3,(H2,18,19,21)/t15-/m0/s1. The molecule has 0 unspecified atom stereocenters. The van der Waals surface area contributed by atoms with Gasteiger partial charge in [-0.15, -0.1) is 0 Å². The van der Waals surface area contributed by atoms with Gasteiger partial charge < -0.3 is 25.2 Å². The summed E-state index contributed by atoms with van der Waals surface area (Å²) >= 11 is 0. The zero-order valence-corrected chi connectivity index (χ0v) is 13.8. The van der Waals surface area contributed by atoms with Crippen molar-refractivity contribution in [2.75, 3.05) is 26.1 Å². The van der Waals surface area contributed by atoms with Crippen molar-refractivity contribution >= 4 is 11.7 Å². The van der Waals surface area contributed by atoms with Crippen LogP contribution in [0.4, 0.5) is 10.5 Å². The Balaban J connectivity index is 1.84. The Morgan fingerprint density at radius 3 is 2.65 bits per heavy atom. The molecule has 2 amide bonds. The van der Waals surface area contributed by atoms with E-state index in [9.17, 15) is 9.90 Å². The highest BCUT2D eigenvalue weighted by Crippen LogP contribution is 2.29. The number of hydrogen-bond acceptors (Lipinski definition) is 4. The summed E-state index contributed by atoms with van der Waals surface area (Å²) in [5.41, 5.74) is 0.554. The summed E-state index contributed by atoms with van der Waals surface area (Å²) in [6.07, 6.45) is 5.16. The highest BCUT2D eigenvalue weighted by molar-refractivity contribution is 5.91. The number of aliphatic hydroxyl groups is 1. The number of methoxy groups -OCH3 is 2. The van der Waals surface area contributed by atoms with Gasteiger partial charge in [-0.3, -0.25) is 0 Å². The summed E-state index contributed by atoms with van der Waals surface area (Å²) in [5.74, 6) is 1.47. The summed E-state index contributed by atoms with van der Waals surface area (Å²) in [6, 6.07) is 4.80. The maximum atomic E-state index is 12.0. The fraction of sp³-hybridized carbons (Fsp3) is 0.588. The smallest absolute Gasteiger partial charge is 0.319 e. The molecule has 0 spiro atoms. The van der Waals surface area contributed by atoms with Crippen LogP contribution in [-0.4, -0.2) is 38.0 Å². The number of carbonyl (C=O) groups is 1. The van der Waals surface area contributed by atoms with Gasteiger partial charge in [-0.25, -0.2) is 4.79 Å².